The second-order valence-corrected chi connectivity index (χ2v) is 8.54. The van der Waals surface area contributed by atoms with E-state index in [-0.39, 0.29) is 16.9 Å². The third-order valence-corrected chi connectivity index (χ3v) is 5.24. The molecule has 2 heterocycles. The normalized spacial score (nSPS) is 12.6. The molecule has 146 valence electrons. The van der Waals surface area contributed by atoms with Gasteiger partial charge in [0.25, 0.3) is 0 Å². The van der Waals surface area contributed by atoms with Crippen molar-refractivity contribution in [2.45, 2.75) is 39.2 Å². The van der Waals surface area contributed by atoms with Gasteiger partial charge in [-0.3, -0.25) is 9.48 Å². The number of carbonyl (C=O) groups is 2. The van der Waals surface area contributed by atoms with Crippen LogP contribution in [0.1, 0.15) is 54.1 Å². The highest BCUT2D eigenvalue weighted by atomic mass is 32.1. The van der Waals surface area contributed by atoms with Crippen molar-refractivity contribution < 1.29 is 14.3 Å². The first-order chi connectivity index (χ1) is 13.1. The molecule has 0 amide bonds. The van der Waals surface area contributed by atoms with Crippen LogP contribution in [-0.2, 0) is 17.2 Å². The summed E-state index contributed by atoms with van der Waals surface area (Å²) >= 11 is 1.33. The van der Waals surface area contributed by atoms with Gasteiger partial charge in [-0.05, 0) is 17.9 Å². The van der Waals surface area contributed by atoms with Crippen LogP contribution in [0.4, 0.5) is 0 Å². The van der Waals surface area contributed by atoms with Crippen LogP contribution in [0, 0.1) is 0 Å². The highest BCUT2D eigenvalue weighted by molar-refractivity contribution is 7.13. The van der Waals surface area contributed by atoms with E-state index in [4.69, 9.17) is 4.74 Å². The summed E-state index contributed by atoms with van der Waals surface area (Å²) in [6.07, 6.45) is 2.61. The predicted molar refractivity (Wildman–Crippen MR) is 109 cm³/mol. The van der Waals surface area contributed by atoms with E-state index in [0.717, 1.165) is 11.1 Å². The number of rotatable bonds is 5. The molecule has 1 aromatic carbocycles. The molecule has 0 saturated heterocycles. The van der Waals surface area contributed by atoms with Gasteiger partial charge in [0.05, 0.1) is 6.20 Å². The molecule has 0 spiro atoms. The lowest BCUT2D eigenvalue weighted by atomic mass is 9.86. The molecule has 0 fully saturated rings. The minimum Gasteiger partial charge on any atom is -0.450 e. The Morgan fingerprint density at radius 3 is 2.43 bits per heavy atom. The molecule has 0 bridgehead atoms. The summed E-state index contributed by atoms with van der Waals surface area (Å²) in [4.78, 5) is 29.3. The van der Waals surface area contributed by atoms with Gasteiger partial charge in [0.1, 0.15) is 5.01 Å². The second kappa shape index (κ2) is 7.67. The number of nitrogens with zero attached hydrogens (tertiary/aromatic N) is 3. The van der Waals surface area contributed by atoms with Gasteiger partial charge in [-0.15, -0.1) is 11.3 Å². The number of esters is 1. The van der Waals surface area contributed by atoms with E-state index >= 15 is 0 Å². The minimum absolute atomic E-state index is 0.0102. The molecule has 1 unspecified atom stereocenters. The lowest BCUT2D eigenvalue weighted by Gasteiger charge is -2.19. The van der Waals surface area contributed by atoms with Crippen LogP contribution >= 0.6 is 11.3 Å². The number of carbonyl (C=O) groups excluding carboxylic acids is 2. The standard InChI is InChI=1S/C21H23N3O3S/c1-13(18(25)14-6-8-16(9-7-14)21(2,3)4)27-20(26)17-12-28-19(23-17)15-10-22-24(5)11-15/h6-13H,1-5H3. The molecular formula is C21H23N3O3S. The van der Waals surface area contributed by atoms with Crippen molar-refractivity contribution in [1.82, 2.24) is 14.8 Å². The molecule has 1 atom stereocenters. The predicted octanol–water partition coefficient (Wildman–Crippen LogP) is 4.27. The Hall–Kier alpha value is -2.80. The molecule has 3 aromatic rings. The number of ether oxygens (including phenoxy) is 1. The Morgan fingerprint density at radius 1 is 1.18 bits per heavy atom. The largest absolute Gasteiger partial charge is 0.450 e. The Kier molecular flexibility index (Phi) is 5.47. The van der Waals surface area contributed by atoms with E-state index in [1.165, 1.54) is 11.3 Å². The van der Waals surface area contributed by atoms with Crippen LogP contribution in [0.15, 0.2) is 42.0 Å². The summed E-state index contributed by atoms with van der Waals surface area (Å²) in [6, 6.07) is 7.41. The van der Waals surface area contributed by atoms with Gasteiger partial charge in [0.2, 0.25) is 5.78 Å². The highest BCUT2D eigenvalue weighted by Gasteiger charge is 2.23. The zero-order chi connectivity index (χ0) is 20.5. The maximum absolute atomic E-state index is 12.6. The fourth-order valence-corrected chi connectivity index (χ4v) is 3.44. The van der Waals surface area contributed by atoms with Crippen LogP contribution < -0.4 is 0 Å². The smallest absolute Gasteiger partial charge is 0.358 e. The molecular weight excluding hydrogens is 374 g/mol. The lowest BCUT2D eigenvalue weighted by Crippen LogP contribution is -2.24. The molecule has 28 heavy (non-hydrogen) atoms. The van der Waals surface area contributed by atoms with Crippen molar-refractivity contribution in [2.24, 2.45) is 7.05 Å². The minimum atomic E-state index is -0.892. The maximum atomic E-state index is 12.6. The molecule has 3 rings (SSSR count). The fourth-order valence-electron chi connectivity index (χ4n) is 2.68. The number of aromatic nitrogens is 3. The van der Waals surface area contributed by atoms with Gasteiger partial charge >= 0.3 is 5.97 Å². The van der Waals surface area contributed by atoms with Gasteiger partial charge in [-0.25, -0.2) is 9.78 Å². The molecule has 0 aliphatic heterocycles. The summed E-state index contributed by atoms with van der Waals surface area (Å²) in [5.74, 6) is -0.852. The number of ketones is 1. The Balaban J connectivity index is 1.67. The number of thiazole rings is 1. The summed E-state index contributed by atoms with van der Waals surface area (Å²) in [5, 5.41) is 6.40. The highest BCUT2D eigenvalue weighted by Crippen LogP contribution is 2.24. The van der Waals surface area contributed by atoms with Crippen LogP contribution in [0.5, 0.6) is 0 Å². The van der Waals surface area contributed by atoms with E-state index in [9.17, 15) is 9.59 Å². The summed E-state index contributed by atoms with van der Waals surface area (Å²) < 4.78 is 7.01. The van der Waals surface area contributed by atoms with E-state index in [0.29, 0.717) is 10.6 Å². The van der Waals surface area contributed by atoms with Crippen molar-refractivity contribution in [3.8, 4) is 10.6 Å². The van der Waals surface area contributed by atoms with Crippen molar-refractivity contribution in [3.05, 3.63) is 58.9 Å². The quantitative estimate of drug-likeness (QED) is 0.475. The molecule has 2 aromatic heterocycles. The molecule has 6 nitrogen and oxygen atoms in total. The van der Waals surface area contributed by atoms with Gasteiger partial charge < -0.3 is 4.74 Å². The number of Topliss-reactive ketones (excluding diaryl/α,β-unsaturated/α-hetero) is 1. The van der Waals surface area contributed by atoms with E-state index in [1.54, 1.807) is 35.3 Å². The monoisotopic (exact) mass is 397 g/mol. The summed E-state index contributed by atoms with van der Waals surface area (Å²) in [6.45, 7) is 7.91. The van der Waals surface area contributed by atoms with Crippen molar-refractivity contribution >= 4 is 23.1 Å². The molecule has 0 aliphatic carbocycles. The van der Waals surface area contributed by atoms with Crippen molar-refractivity contribution in [1.29, 1.82) is 0 Å². The topological polar surface area (TPSA) is 74.1 Å². The average Bonchev–Trinajstić information content (AvgIpc) is 3.29. The van der Waals surface area contributed by atoms with Crippen LogP contribution in [0.3, 0.4) is 0 Å². The SMILES string of the molecule is CC(OC(=O)c1csc(-c2cnn(C)c2)n1)C(=O)c1ccc(C(C)(C)C)cc1. The van der Waals surface area contributed by atoms with E-state index < -0.39 is 12.1 Å². The van der Waals surface area contributed by atoms with Gasteiger partial charge in [-0.1, -0.05) is 45.0 Å². The van der Waals surface area contributed by atoms with E-state index in [1.807, 2.05) is 25.4 Å². The van der Waals surface area contributed by atoms with Crippen molar-refractivity contribution in [3.63, 3.8) is 0 Å². The zero-order valence-corrected chi connectivity index (χ0v) is 17.4. The van der Waals surface area contributed by atoms with Crippen molar-refractivity contribution in [2.75, 3.05) is 0 Å². The van der Waals surface area contributed by atoms with Gasteiger partial charge in [-0.2, -0.15) is 5.10 Å². The van der Waals surface area contributed by atoms with Crippen LogP contribution in [-0.4, -0.2) is 32.6 Å². The third kappa shape index (κ3) is 4.36. The Morgan fingerprint density at radius 2 is 1.86 bits per heavy atom. The van der Waals surface area contributed by atoms with Crippen LogP contribution in [0.25, 0.3) is 10.6 Å². The Bertz CT molecular complexity index is 997. The molecule has 0 saturated carbocycles. The van der Waals surface area contributed by atoms with Crippen LogP contribution in [0.2, 0.25) is 0 Å². The maximum Gasteiger partial charge on any atom is 0.358 e. The molecule has 0 aliphatic rings. The zero-order valence-electron chi connectivity index (χ0n) is 16.6. The lowest BCUT2D eigenvalue weighted by molar-refractivity contribution is 0.0314. The van der Waals surface area contributed by atoms with Gasteiger partial charge in [0.15, 0.2) is 11.8 Å². The molecule has 0 N–H and O–H groups in total. The summed E-state index contributed by atoms with van der Waals surface area (Å²) in [5.41, 5.74) is 2.68. The second-order valence-electron chi connectivity index (χ2n) is 7.68. The average molecular weight is 398 g/mol. The molecule has 7 heteroatoms. The third-order valence-electron chi connectivity index (χ3n) is 4.35. The first-order valence-corrected chi connectivity index (χ1v) is 9.83. The van der Waals surface area contributed by atoms with Gasteiger partial charge in [0, 0.05) is 29.8 Å². The first kappa shape index (κ1) is 19.9. The number of hydrogen-bond acceptors (Lipinski definition) is 6. The Labute approximate surface area is 168 Å². The number of aryl methyl sites for hydroxylation is 1. The number of hydrogen-bond donors (Lipinski definition) is 0. The summed E-state index contributed by atoms with van der Waals surface area (Å²) in [7, 11) is 1.81. The first-order valence-electron chi connectivity index (χ1n) is 8.95. The van der Waals surface area contributed by atoms with E-state index in [2.05, 4.69) is 30.9 Å². The molecule has 0 radical (unpaired) electrons. The number of benzene rings is 1. The fraction of sp³-hybridized carbons (Fsp3) is 0.333.